The minimum atomic E-state index is -0.633. The third kappa shape index (κ3) is 5.02. The number of rotatable bonds is 6. The van der Waals surface area contributed by atoms with Crippen molar-refractivity contribution in [1.29, 1.82) is 0 Å². The van der Waals surface area contributed by atoms with Gasteiger partial charge < -0.3 is 20.1 Å². The fourth-order valence-electron chi connectivity index (χ4n) is 2.66. The highest BCUT2D eigenvalue weighted by atomic mass is 16.5. The third-order valence-electron chi connectivity index (χ3n) is 4.68. The van der Waals surface area contributed by atoms with E-state index in [1.54, 1.807) is 6.92 Å². The van der Waals surface area contributed by atoms with E-state index in [9.17, 15) is 9.59 Å². The van der Waals surface area contributed by atoms with Crippen LogP contribution in [0.4, 0.5) is 4.79 Å². The SMILES string of the molecule is CCCOc1ccccc1C1NC(=O)NC(C)=C1C(=O)OC(C)C(C)(C)C. The number of allylic oxidation sites excluding steroid dienone is 1. The number of hydrogen-bond acceptors (Lipinski definition) is 4. The van der Waals surface area contributed by atoms with Gasteiger partial charge in [-0.3, -0.25) is 0 Å². The summed E-state index contributed by atoms with van der Waals surface area (Å²) in [6.07, 6.45) is 0.579. The number of amides is 2. The van der Waals surface area contributed by atoms with Crippen LogP contribution in [0.5, 0.6) is 5.75 Å². The van der Waals surface area contributed by atoms with Gasteiger partial charge in [0.05, 0.1) is 18.2 Å². The van der Waals surface area contributed by atoms with Crippen LogP contribution in [0, 0.1) is 5.41 Å². The summed E-state index contributed by atoms with van der Waals surface area (Å²) in [4.78, 5) is 25.1. The van der Waals surface area contributed by atoms with Crippen LogP contribution in [0.15, 0.2) is 35.5 Å². The lowest BCUT2D eigenvalue weighted by atomic mass is 9.90. The maximum atomic E-state index is 13.0. The average Bonchev–Trinajstić information content (AvgIpc) is 2.58. The largest absolute Gasteiger partial charge is 0.493 e. The Morgan fingerprint density at radius 1 is 1.26 bits per heavy atom. The molecule has 2 rings (SSSR count). The number of benzene rings is 1. The van der Waals surface area contributed by atoms with Gasteiger partial charge in [0.15, 0.2) is 0 Å². The van der Waals surface area contributed by atoms with E-state index < -0.39 is 12.0 Å². The zero-order chi connectivity index (χ0) is 20.2. The molecule has 0 saturated carbocycles. The van der Waals surface area contributed by atoms with Crippen LogP contribution in [-0.4, -0.2) is 24.7 Å². The van der Waals surface area contributed by atoms with E-state index in [1.165, 1.54) is 0 Å². The lowest BCUT2D eigenvalue weighted by Gasteiger charge is -2.32. The van der Waals surface area contributed by atoms with Crippen molar-refractivity contribution >= 4 is 12.0 Å². The van der Waals surface area contributed by atoms with Crippen molar-refractivity contribution in [3.63, 3.8) is 0 Å². The van der Waals surface area contributed by atoms with E-state index in [0.29, 0.717) is 23.6 Å². The highest BCUT2D eigenvalue weighted by Gasteiger charge is 2.35. The lowest BCUT2D eigenvalue weighted by molar-refractivity contribution is -0.149. The lowest BCUT2D eigenvalue weighted by Crippen LogP contribution is -2.46. The molecule has 2 atom stereocenters. The van der Waals surface area contributed by atoms with Gasteiger partial charge in [-0.05, 0) is 31.7 Å². The second-order valence-corrected chi connectivity index (χ2v) is 7.87. The van der Waals surface area contributed by atoms with Gasteiger partial charge in [0.2, 0.25) is 0 Å². The Morgan fingerprint density at radius 3 is 2.56 bits per heavy atom. The number of urea groups is 1. The first-order valence-corrected chi connectivity index (χ1v) is 9.36. The van der Waals surface area contributed by atoms with Crippen molar-refractivity contribution in [1.82, 2.24) is 10.6 Å². The van der Waals surface area contributed by atoms with Crippen LogP contribution in [-0.2, 0) is 9.53 Å². The Balaban J connectivity index is 2.41. The quantitative estimate of drug-likeness (QED) is 0.736. The van der Waals surface area contributed by atoms with Gasteiger partial charge in [-0.2, -0.15) is 0 Å². The van der Waals surface area contributed by atoms with Crippen molar-refractivity contribution < 1.29 is 19.1 Å². The molecule has 0 aromatic heterocycles. The zero-order valence-electron chi connectivity index (χ0n) is 17.0. The Labute approximate surface area is 161 Å². The predicted octanol–water partition coefficient (Wildman–Crippen LogP) is 4.08. The summed E-state index contributed by atoms with van der Waals surface area (Å²) in [5.41, 5.74) is 1.42. The summed E-state index contributed by atoms with van der Waals surface area (Å²) in [6.45, 7) is 12.2. The van der Waals surface area contributed by atoms with Gasteiger partial charge in [0.1, 0.15) is 11.9 Å². The van der Waals surface area contributed by atoms with Gasteiger partial charge in [0.25, 0.3) is 0 Å². The molecule has 0 bridgehead atoms. The van der Waals surface area contributed by atoms with E-state index >= 15 is 0 Å². The molecule has 6 heteroatoms. The van der Waals surface area contributed by atoms with Gasteiger partial charge in [-0.15, -0.1) is 0 Å². The minimum absolute atomic E-state index is 0.187. The van der Waals surface area contributed by atoms with E-state index in [1.807, 2.05) is 58.9 Å². The van der Waals surface area contributed by atoms with E-state index in [-0.39, 0.29) is 17.6 Å². The first-order chi connectivity index (χ1) is 12.6. The van der Waals surface area contributed by atoms with Crippen LogP contribution in [0.3, 0.4) is 0 Å². The monoisotopic (exact) mass is 374 g/mol. The maximum absolute atomic E-state index is 13.0. The Bertz CT molecular complexity index is 734. The Morgan fingerprint density at radius 2 is 1.93 bits per heavy atom. The summed E-state index contributed by atoms with van der Waals surface area (Å²) in [6, 6.07) is 6.44. The van der Waals surface area contributed by atoms with E-state index in [2.05, 4.69) is 10.6 Å². The molecule has 1 aliphatic heterocycles. The molecule has 1 aromatic carbocycles. The predicted molar refractivity (Wildman–Crippen MR) is 104 cm³/mol. The molecular formula is C21H30N2O4. The molecule has 1 aliphatic rings. The van der Waals surface area contributed by atoms with E-state index in [0.717, 1.165) is 12.0 Å². The normalized spacial score (nSPS) is 18.4. The molecule has 1 aromatic rings. The van der Waals surface area contributed by atoms with E-state index in [4.69, 9.17) is 9.47 Å². The smallest absolute Gasteiger partial charge is 0.338 e. The molecule has 148 valence electrons. The molecule has 0 aliphatic carbocycles. The van der Waals surface area contributed by atoms with Crippen LogP contribution in [0.2, 0.25) is 0 Å². The van der Waals surface area contributed by atoms with Crippen molar-refractivity contribution in [2.24, 2.45) is 5.41 Å². The molecule has 27 heavy (non-hydrogen) atoms. The number of esters is 1. The molecule has 2 N–H and O–H groups in total. The van der Waals surface area contributed by atoms with Gasteiger partial charge >= 0.3 is 12.0 Å². The molecule has 6 nitrogen and oxygen atoms in total. The molecule has 2 amide bonds. The number of nitrogens with one attached hydrogen (secondary N) is 2. The van der Waals surface area contributed by atoms with Crippen LogP contribution < -0.4 is 15.4 Å². The first kappa shape index (κ1) is 20.8. The highest BCUT2D eigenvalue weighted by molar-refractivity contribution is 5.95. The Hall–Kier alpha value is -2.50. The van der Waals surface area contributed by atoms with Gasteiger partial charge in [-0.1, -0.05) is 45.9 Å². The standard InChI is InChI=1S/C21H30N2O4/c1-7-12-26-16-11-9-8-10-15(16)18-17(13(2)22-20(25)23-18)19(24)27-14(3)21(4,5)6/h8-11,14,18H,7,12H2,1-6H3,(H2,22,23,25). The third-order valence-corrected chi connectivity index (χ3v) is 4.68. The molecule has 1 heterocycles. The summed E-state index contributed by atoms with van der Waals surface area (Å²) in [5, 5.41) is 5.51. The maximum Gasteiger partial charge on any atom is 0.338 e. The van der Waals surface area contributed by atoms with Crippen molar-refractivity contribution in [3.8, 4) is 5.75 Å². The minimum Gasteiger partial charge on any atom is -0.493 e. The van der Waals surface area contributed by atoms with Gasteiger partial charge in [-0.25, -0.2) is 9.59 Å². The molecule has 0 fully saturated rings. The number of hydrogen-bond donors (Lipinski definition) is 2. The fourth-order valence-corrected chi connectivity index (χ4v) is 2.66. The molecule has 0 radical (unpaired) electrons. The molecule has 0 spiro atoms. The summed E-state index contributed by atoms with van der Waals surface area (Å²) < 4.78 is 11.5. The van der Waals surface area contributed by atoms with Crippen molar-refractivity contribution in [2.75, 3.05) is 6.61 Å². The number of carbonyl (C=O) groups excluding carboxylic acids is 2. The first-order valence-electron chi connectivity index (χ1n) is 9.36. The van der Waals surface area contributed by atoms with Crippen LogP contribution in [0.1, 0.15) is 59.6 Å². The molecule has 2 unspecified atom stereocenters. The van der Waals surface area contributed by atoms with Crippen molar-refractivity contribution in [3.05, 3.63) is 41.1 Å². The Kier molecular flexibility index (Phi) is 6.52. The average molecular weight is 374 g/mol. The topological polar surface area (TPSA) is 76.7 Å². The van der Waals surface area contributed by atoms with Crippen molar-refractivity contribution in [2.45, 2.75) is 60.1 Å². The second-order valence-electron chi connectivity index (χ2n) is 7.87. The summed E-state index contributed by atoms with van der Waals surface area (Å²) in [7, 11) is 0. The van der Waals surface area contributed by atoms with Crippen LogP contribution >= 0.6 is 0 Å². The second kappa shape index (κ2) is 8.46. The highest BCUT2D eigenvalue weighted by Crippen LogP contribution is 2.34. The zero-order valence-corrected chi connectivity index (χ0v) is 17.0. The fraction of sp³-hybridized carbons (Fsp3) is 0.524. The number of carbonyl (C=O) groups is 2. The van der Waals surface area contributed by atoms with Gasteiger partial charge in [0, 0.05) is 11.3 Å². The summed E-state index contributed by atoms with van der Waals surface area (Å²) in [5.74, 6) is 0.200. The molecule has 0 saturated heterocycles. The summed E-state index contributed by atoms with van der Waals surface area (Å²) >= 11 is 0. The number of para-hydroxylation sites is 1. The van der Waals surface area contributed by atoms with Crippen LogP contribution in [0.25, 0.3) is 0 Å². The molecular weight excluding hydrogens is 344 g/mol. The number of ether oxygens (including phenoxy) is 2.